The number of halogens is 4. The van der Waals surface area contributed by atoms with Crippen molar-refractivity contribution in [2.45, 2.75) is 0 Å². The minimum Gasteiger partial charge on any atom is -0.319 e. The lowest BCUT2D eigenvalue weighted by molar-refractivity contribution is 0.102. The molecule has 98 valence electrons. The van der Waals surface area contributed by atoms with Crippen LogP contribution in [0.4, 0.5) is 10.1 Å². The summed E-state index contributed by atoms with van der Waals surface area (Å²) in [4.78, 5) is 11.9. The van der Waals surface area contributed by atoms with Crippen molar-refractivity contribution in [1.29, 1.82) is 0 Å². The topological polar surface area (TPSA) is 29.1 Å². The molecule has 19 heavy (non-hydrogen) atoms. The minimum atomic E-state index is -0.589. The van der Waals surface area contributed by atoms with Gasteiger partial charge in [0.05, 0.1) is 10.7 Å². The number of nitrogens with one attached hydrogen (secondary N) is 1. The van der Waals surface area contributed by atoms with Crippen LogP contribution < -0.4 is 5.32 Å². The molecule has 0 bridgehead atoms. The van der Waals surface area contributed by atoms with Crippen LogP contribution in [0.15, 0.2) is 40.9 Å². The number of amides is 1. The van der Waals surface area contributed by atoms with Gasteiger partial charge in [-0.15, -0.1) is 0 Å². The Kier molecular flexibility index (Phi) is 4.45. The predicted octanol–water partition coefficient (Wildman–Crippen LogP) is 5.15. The quantitative estimate of drug-likeness (QED) is 0.786. The number of anilines is 1. The van der Waals surface area contributed by atoms with Gasteiger partial charge in [-0.2, -0.15) is 0 Å². The van der Waals surface area contributed by atoms with Crippen molar-refractivity contribution in [3.63, 3.8) is 0 Å². The molecule has 0 fully saturated rings. The van der Waals surface area contributed by atoms with Crippen molar-refractivity contribution < 1.29 is 9.18 Å². The zero-order chi connectivity index (χ0) is 14.0. The number of carbonyl (C=O) groups excluding carboxylic acids is 1. The SMILES string of the molecule is O=C(Nc1ccc(Cl)cc1F)c1ccc(Cl)c(Br)c1. The molecular formula is C13H7BrCl2FNO. The Morgan fingerprint density at radius 1 is 1.16 bits per heavy atom. The molecule has 2 rings (SSSR count). The van der Waals surface area contributed by atoms with Gasteiger partial charge in [-0.25, -0.2) is 4.39 Å². The van der Waals surface area contributed by atoms with Crippen LogP contribution in [0.25, 0.3) is 0 Å². The van der Waals surface area contributed by atoms with Crippen molar-refractivity contribution >= 4 is 50.7 Å². The summed E-state index contributed by atoms with van der Waals surface area (Å²) in [6.07, 6.45) is 0. The zero-order valence-corrected chi connectivity index (χ0v) is 12.5. The lowest BCUT2D eigenvalue weighted by atomic mass is 10.2. The van der Waals surface area contributed by atoms with Gasteiger partial charge in [0.2, 0.25) is 0 Å². The summed E-state index contributed by atoms with van der Waals surface area (Å²) in [5.74, 6) is -1.02. The number of benzene rings is 2. The fraction of sp³-hybridized carbons (Fsp3) is 0. The minimum absolute atomic E-state index is 0.0699. The Morgan fingerprint density at radius 3 is 2.53 bits per heavy atom. The molecule has 6 heteroatoms. The highest BCUT2D eigenvalue weighted by Crippen LogP contribution is 2.24. The molecule has 0 radical (unpaired) electrons. The molecular weight excluding hydrogens is 356 g/mol. The van der Waals surface area contributed by atoms with E-state index in [1.165, 1.54) is 12.1 Å². The summed E-state index contributed by atoms with van der Waals surface area (Å²) < 4.78 is 14.1. The molecule has 0 aliphatic heterocycles. The zero-order valence-electron chi connectivity index (χ0n) is 9.38. The molecule has 1 N–H and O–H groups in total. The molecule has 2 aromatic rings. The average molecular weight is 363 g/mol. The first-order valence-electron chi connectivity index (χ1n) is 5.19. The maximum Gasteiger partial charge on any atom is 0.255 e. The van der Waals surface area contributed by atoms with Crippen molar-refractivity contribution in [2.75, 3.05) is 5.32 Å². The first kappa shape index (κ1) is 14.3. The Balaban J connectivity index is 2.23. The van der Waals surface area contributed by atoms with Gasteiger partial charge in [-0.1, -0.05) is 23.2 Å². The average Bonchev–Trinajstić information content (AvgIpc) is 2.36. The maximum absolute atomic E-state index is 13.5. The summed E-state index contributed by atoms with van der Waals surface area (Å²) >= 11 is 14.7. The molecule has 0 saturated carbocycles. The third-order valence-electron chi connectivity index (χ3n) is 2.36. The predicted molar refractivity (Wildman–Crippen MR) is 78.5 cm³/mol. The van der Waals surface area contributed by atoms with Crippen LogP contribution >= 0.6 is 39.1 Å². The molecule has 0 saturated heterocycles. The molecule has 1 amide bonds. The highest BCUT2D eigenvalue weighted by Gasteiger charge is 2.11. The number of hydrogen-bond acceptors (Lipinski definition) is 1. The van der Waals surface area contributed by atoms with E-state index in [4.69, 9.17) is 23.2 Å². The molecule has 0 aliphatic carbocycles. The highest BCUT2D eigenvalue weighted by molar-refractivity contribution is 9.10. The molecule has 2 aromatic carbocycles. The molecule has 0 heterocycles. The van der Waals surface area contributed by atoms with Gasteiger partial charge in [0.1, 0.15) is 5.82 Å². The van der Waals surface area contributed by atoms with E-state index in [1.54, 1.807) is 18.2 Å². The van der Waals surface area contributed by atoms with E-state index in [9.17, 15) is 9.18 Å². The van der Waals surface area contributed by atoms with Gasteiger partial charge in [-0.3, -0.25) is 4.79 Å². The molecule has 0 atom stereocenters. The van der Waals surface area contributed by atoms with Gasteiger partial charge in [0.25, 0.3) is 5.91 Å². The normalized spacial score (nSPS) is 10.3. The summed E-state index contributed by atoms with van der Waals surface area (Å²) in [6, 6.07) is 8.73. The molecule has 0 aliphatic rings. The van der Waals surface area contributed by atoms with Crippen LogP contribution in [0.3, 0.4) is 0 Å². The van der Waals surface area contributed by atoms with Crippen LogP contribution in [-0.4, -0.2) is 5.91 Å². The Bertz CT molecular complexity index is 649. The van der Waals surface area contributed by atoms with Crippen molar-refractivity contribution in [1.82, 2.24) is 0 Å². The van der Waals surface area contributed by atoms with E-state index in [-0.39, 0.29) is 10.7 Å². The molecule has 2 nitrogen and oxygen atoms in total. The van der Waals surface area contributed by atoms with E-state index < -0.39 is 11.7 Å². The molecule has 0 aromatic heterocycles. The van der Waals surface area contributed by atoms with Gasteiger partial charge in [0.15, 0.2) is 0 Å². The first-order valence-corrected chi connectivity index (χ1v) is 6.74. The smallest absolute Gasteiger partial charge is 0.255 e. The van der Waals surface area contributed by atoms with Gasteiger partial charge >= 0.3 is 0 Å². The molecule has 0 spiro atoms. The lowest BCUT2D eigenvalue weighted by Crippen LogP contribution is -2.12. The van der Waals surface area contributed by atoms with Crippen LogP contribution in [-0.2, 0) is 0 Å². The number of rotatable bonds is 2. The second-order valence-corrected chi connectivity index (χ2v) is 5.41. The van der Waals surface area contributed by atoms with Gasteiger partial charge in [0, 0.05) is 15.1 Å². The third-order valence-corrected chi connectivity index (χ3v) is 3.81. The standard InChI is InChI=1S/C13H7BrCl2FNO/c14-9-5-7(1-3-10(9)16)13(19)18-12-4-2-8(15)6-11(12)17/h1-6H,(H,18,19). The van der Waals surface area contributed by atoms with Gasteiger partial charge < -0.3 is 5.32 Å². The van der Waals surface area contributed by atoms with Crippen LogP contribution in [0.2, 0.25) is 10.0 Å². The van der Waals surface area contributed by atoms with Crippen LogP contribution in [0.5, 0.6) is 0 Å². The maximum atomic E-state index is 13.5. The second kappa shape index (κ2) is 5.90. The van der Waals surface area contributed by atoms with Crippen molar-refractivity contribution in [2.24, 2.45) is 0 Å². The largest absolute Gasteiger partial charge is 0.319 e. The fourth-order valence-electron chi connectivity index (χ4n) is 1.42. The molecule has 0 unspecified atom stereocenters. The van der Waals surface area contributed by atoms with Crippen LogP contribution in [0.1, 0.15) is 10.4 Å². The van der Waals surface area contributed by atoms with E-state index in [1.807, 2.05) is 0 Å². The first-order chi connectivity index (χ1) is 8.97. The van der Waals surface area contributed by atoms with E-state index in [0.717, 1.165) is 6.07 Å². The van der Waals surface area contributed by atoms with E-state index in [2.05, 4.69) is 21.2 Å². The second-order valence-electron chi connectivity index (χ2n) is 3.71. The summed E-state index contributed by atoms with van der Waals surface area (Å²) in [5, 5.41) is 3.23. The Labute approximate surface area is 127 Å². The monoisotopic (exact) mass is 361 g/mol. The Morgan fingerprint density at radius 2 is 1.89 bits per heavy atom. The lowest BCUT2D eigenvalue weighted by Gasteiger charge is -2.07. The van der Waals surface area contributed by atoms with Crippen molar-refractivity contribution in [3.05, 3.63) is 62.3 Å². The van der Waals surface area contributed by atoms with E-state index >= 15 is 0 Å². The third kappa shape index (κ3) is 3.47. The van der Waals surface area contributed by atoms with E-state index in [0.29, 0.717) is 15.1 Å². The van der Waals surface area contributed by atoms with Gasteiger partial charge in [-0.05, 0) is 52.3 Å². The highest BCUT2D eigenvalue weighted by atomic mass is 79.9. The number of hydrogen-bond donors (Lipinski definition) is 1. The Hall–Kier alpha value is -1.10. The van der Waals surface area contributed by atoms with Crippen LogP contribution in [0, 0.1) is 5.82 Å². The summed E-state index contributed by atoms with van der Waals surface area (Å²) in [6.45, 7) is 0. The summed E-state index contributed by atoms with van der Waals surface area (Å²) in [7, 11) is 0. The number of carbonyl (C=O) groups is 1. The fourth-order valence-corrected chi connectivity index (χ4v) is 2.08. The summed E-state index contributed by atoms with van der Waals surface area (Å²) in [5.41, 5.74) is 0.436. The van der Waals surface area contributed by atoms with Crippen molar-refractivity contribution in [3.8, 4) is 0 Å².